The van der Waals surface area contributed by atoms with E-state index in [1.807, 2.05) is 0 Å². The number of hydrogen-bond acceptors (Lipinski definition) is 23. The fraction of sp³-hybridized carbons (Fsp3) is 0. The summed E-state index contributed by atoms with van der Waals surface area (Å²) in [6.07, 6.45) is 3.14. The molecule has 0 saturated heterocycles. The molecular weight excluding hydrogens is 1240 g/mol. The third-order valence-electron chi connectivity index (χ3n) is 8.66. The molecule has 0 saturated carbocycles. The Hall–Kier alpha value is -11.2. The zero-order valence-corrected chi connectivity index (χ0v) is 39.3. The molecule has 0 aliphatic rings. The van der Waals surface area contributed by atoms with Gasteiger partial charge in [-0.05, 0) is 48.5 Å². The quantitative estimate of drug-likeness (QED) is 0.0686. The van der Waals surface area contributed by atoms with Crippen molar-refractivity contribution in [2.75, 3.05) is 0 Å². The monoisotopic (exact) mass is 1260 g/mol. The second kappa shape index (κ2) is 27.6. The van der Waals surface area contributed by atoms with Crippen LogP contribution in [0.15, 0.2) is 122 Å². The van der Waals surface area contributed by atoms with Gasteiger partial charge in [0.1, 0.15) is 23.3 Å². The van der Waals surface area contributed by atoms with Crippen molar-refractivity contribution in [2.24, 2.45) is 0 Å². The van der Waals surface area contributed by atoms with Gasteiger partial charge in [-0.2, -0.15) is 0 Å². The van der Waals surface area contributed by atoms with Crippen molar-refractivity contribution in [1.29, 1.82) is 0 Å². The fourth-order valence-electron chi connectivity index (χ4n) is 5.32. The van der Waals surface area contributed by atoms with Crippen LogP contribution in [0, 0.1) is 114 Å². The molecule has 0 N–H and O–H groups in total. The van der Waals surface area contributed by atoms with Gasteiger partial charge in [0.05, 0.1) is 109 Å². The van der Waals surface area contributed by atoms with E-state index < -0.39 is 136 Å². The van der Waals surface area contributed by atoms with Gasteiger partial charge in [0.2, 0.25) is 0 Å². The minimum Gasteiger partial charge on any atom is -0.863 e. The first-order valence-corrected chi connectivity index (χ1v) is 19.1. The molecule has 398 valence electrons. The van der Waals surface area contributed by atoms with Gasteiger partial charge >= 0.3 is 20.1 Å². The largest absolute Gasteiger partial charge is 3.00 e. The normalized spacial score (nSPS) is 9.77. The zero-order chi connectivity index (χ0) is 57.3. The van der Waals surface area contributed by atoms with Crippen molar-refractivity contribution < 1.29 is 97.3 Å². The molecule has 0 unspecified atom stereocenters. The van der Waals surface area contributed by atoms with Crippen LogP contribution in [-0.2, 0) is 20.1 Å². The topological polar surface area (TPSA) is 483 Å². The van der Waals surface area contributed by atoms with Crippen molar-refractivity contribution in [3.05, 3.63) is 236 Å². The van der Waals surface area contributed by atoms with E-state index >= 15 is 0 Å². The Morgan fingerprint density at radius 3 is 0.727 bits per heavy atom. The third kappa shape index (κ3) is 16.9. The predicted molar refractivity (Wildman–Crippen MR) is 237 cm³/mol. The molecule has 0 amide bonds. The maximum Gasteiger partial charge on any atom is 3.00 e. The second-order valence-corrected chi connectivity index (χ2v) is 13.4. The number of pyridine rings is 2. The number of rotatable bonds is 11. The molecule has 2 heterocycles. The van der Waals surface area contributed by atoms with Gasteiger partial charge < -0.3 is 15.3 Å². The molecule has 32 nitrogen and oxygen atoms in total. The van der Waals surface area contributed by atoms with Crippen LogP contribution in [-0.4, -0.2) is 54.3 Å². The van der Waals surface area contributed by atoms with Crippen LogP contribution in [0.5, 0.6) is 17.2 Å². The number of nitro groups is 9. The Balaban J connectivity index is 0.000000328. The molecule has 0 bridgehead atoms. The van der Waals surface area contributed by atoms with Crippen molar-refractivity contribution in [3.63, 3.8) is 0 Å². The van der Waals surface area contributed by atoms with E-state index in [1.54, 1.807) is 48.8 Å². The molecule has 37 heteroatoms. The van der Waals surface area contributed by atoms with E-state index in [2.05, 4.69) is 9.97 Å². The number of non-ortho nitro benzene ring substituents is 3. The molecule has 0 radical (unpaired) electrons. The number of benzene rings is 5. The van der Waals surface area contributed by atoms with Gasteiger partial charge in [-0.15, -0.1) is 0 Å². The molecule has 2 aromatic heterocycles. The summed E-state index contributed by atoms with van der Waals surface area (Å²) in [7, 11) is 0. The SMILES string of the molecule is Fc1ccc(-c2ccccn2)c(F)c1.Fc1ccc(-c2ccccn2)c(F)c1.O=[N+]([O-])c1cc([N+](=O)[O-])c([O-])c([N+](=O)[O-])c1.O=[N+]([O-])c1cc([N+](=O)[O-])c([O-])c([N+](=O)[O-])c1.O=[N+]([O-])c1cc([N+](=O)[O-])c([O-])c([N+](=O)[O-])c1.[Ir+3]. The van der Waals surface area contributed by atoms with E-state index in [0.717, 1.165) is 12.1 Å². The molecule has 0 fully saturated rings. The van der Waals surface area contributed by atoms with Crippen LogP contribution >= 0.6 is 0 Å². The minimum atomic E-state index is -1.46. The molecule has 0 spiro atoms. The summed E-state index contributed by atoms with van der Waals surface area (Å²) in [4.78, 5) is 90.5. The predicted octanol–water partition coefficient (Wildman–Crippen LogP) is 7.51. The standard InChI is InChI=1S/2C11H7F2N.3C6H3N3O7.Ir/c2*12-8-4-5-9(10(13)7-8)11-3-1-2-6-14-11;3*10-6-4(8(13)14)1-3(7(11)12)2-5(6)9(15)16;/h2*1-7H;3*1-2,10H;/q;;;;;+3/p-3. The van der Waals surface area contributed by atoms with Gasteiger partial charge in [-0.1, -0.05) is 12.1 Å². The Morgan fingerprint density at radius 1 is 0.325 bits per heavy atom. The molecule has 0 atom stereocenters. The minimum absolute atomic E-state index is 0. The van der Waals surface area contributed by atoms with Crippen LogP contribution < -0.4 is 15.3 Å². The van der Waals surface area contributed by atoms with Crippen LogP contribution in [0.1, 0.15) is 0 Å². The van der Waals surface area contributed by atoms with Crippen LogP contribution in [0.3, 0.4) is 0 Å². The van der Waals surface area contributed by atoms with Crippen LogP contribution in [0.4, 0.5) is 68.7 Å². The molecule has 7 aromatic rings. The smallest absolute Gasteiger partial charge is 0.863 e. The first kappa shape index (κ1) is 61.9. The van der Waals surface area contributed by atoms with E-state index in [-0.39, 0.29) is 20.1 Å². The van der Waals surface area contributed by atoms with Gasteiger partial charge in [0, 0.05) is 35.7 Å². The maximum atomic E-state index is 13.3. The van der Waals surface area contributed by atoms with Crippen LogP contribution in [0.25, 0.3) is 22.5 Å². The summed E-state index contributed by atoms with van der Waals surface area (Å²) in [6.45, 7) is 0. The fourth-order valence-corrected chi connectivity index (χ4v) is 5.32. The summed E-state index contributed by atoms with van der Waals surface area (Å²) in [5, 5.41) is 126. The first-order valence-electron chi connectivity index (χ1n) is 19.1. The van der Waals surface area contributed by atoms with Gasteiger partial charge in [-0.3, -0.25) is 101 Å². The second-order valence-electron chi connectivity index (χ2n) is 13.4. The molecule has 77 heavy (non-hydrogen) atoms. The number of nitro benzene ring substituents is 9. The average molecular weight is 1260 g/mol. The Kier molecular flexibility index (Phi) is 22.1. The van der Waals surface area contributed by atoms with Gasteiger partial charge in [0.15, 0.2) is 0 Å². The summed E-state index contributed by atoms with van der Waals surface area (Å²) < 4.78 is 51.7. The van der Waals surface area contributed by atoms with E-state index in [9.17, 15) is 124 Å². The molecule has 7 rings (SSSR count). The van der Waals surface area contributed by atoms with Crippen LogP contribution in [0.2, 0.25) is 0 Å². The Bertz CT molecular complexity index is 3040. The number of halogens is 4. The van der Waals surface area contributed by atoms with E-state index in [4.69, 9.17) is 0 Å². The number of nitrogens with zero attached hydrogens (tertiary/aromatic N) is 11. The van der Waals surface area contributed by atoms with E-state index in [1.165, 1.54) is 24.3 Å². The number of hydrogen-bond donors (Lipinski definition) is 0. The first-order chi connectivity index (χ1) is 35.6. The Morgan fingerprint density at radius 2 is 0.558 bits per heavy atom. The maximum absolute atomic E-state index is 13.3. The average Bonchev–Trinajstić information content (AvgIpc) is 3.34. The van der Waals surface area contributed by atoms with Crippen molar-refractivity contribution in [2.45, 2.75) is 0 Å². The van der Waals surface area contributed by atoms with Gasteiger partial charge in [-0.25, -0.2) is 17.6 Å². The van der Waals surface area contributed by atoms with E-state index in [0.29, 0.717) is 58.9 Å². The Labute approximate surface area is 433 Å². The molecule has 0 aliphatic carbocycles. The zero-order valence-electron chi connectivity index (χ0n) is 36.9. The summed E-state index contributed by atoms with van der Waals surface area (Å²) in [5.74, 6) is -6.72. The third-order valence-corrected chi connectivity index (χ3v) is 8.66. The van der Waals surface area contributed by atoms with Crippen molar-refractivity contribution in [1.82, 2.24) is 9.97 Å². The molecule has 0 aliphatic heterocycles. The van der Waals surface area contributed by atoms with Crippen molar-refractivity contribution in [3.8, 4) is 39.8 Å². The summed E-state index contributed by atoms with van der Waals surface area (Å²) >= 11 is 0. The van der Waals surface area contributed by atoms with Crippen molar-refractivity contribution >= 4 is 51.2 Å². The molecule has 5 aromatic carbocycles. The number of aromatic nitrogens is 2. The molecular formula is C40H20F4IrN11O21. The van der Waals surface area contributed by atoms with Gasteiger partial charge in [0.25, 0.3) is 51.2 Å². The summed E-state index contributed by atoms with van der Waals surface area (Å²) in [6, 6.07) is 19.5. The summed E-state index contributed by atoms with van der Waals surface area (Å²) in [5.41, 5.74) is -8.16.